The summed E-state index contributed by atoms with van der Waals surface area (Å²) in [5, 5.41) is 4.96. The number of hydrogen-bond donors (Lipinski definition) is 2. The van der Waals surface area contributed by atoms with Crippen LogP contribution in [0, 0.1) is 11.8 Å². The molecule has 9 heteroatoms. The van der Waals surface area contributed by atoms with Gasteiger partial charge in [-0.2, -0.15) is 13.2 Å². The van der Waals surface area contributed by atoms with Crippen LogP contribution in [0.4, 0.5) is 18.0 Å². The molecule has 4 rings (SSSR count). The van der Waals surface area contributed by atoms with Crippen molar-refractivity contribution >= 4 is 17.8 Å². The third-order valence-corrected chi connectivity index (χ3v) is 5.86. The fourth-order valence-corrected chi connectivity index (χ4v) is 4.29. The molecule has 1 aromatic rings. The molecule has 3 aliphatic rings. The number of imide groups is 1. The lowest BCUT2D eigenvalue weighted by atomic mass is 9.83. The number of halogens is 3. The number of urea groups is 1. The van der Waals surface area contributed by atoms with E-state index in [1.54, 1.807) is 6.92 Å². The average Bonchev–Trinajstić information content (AvgIpc) is 3.31. The number of hydrogen-bond acceptors (Lipinski definition) is 3. The van der Waals surface area contributed by atoms with E-state index in [2.05, 4.69) is 10.6 Å². The molecule has 1 aromatic carbocycles. The number of benzene rings is 1. The van der Waals surface area contributed by atoms with Crippen molar-refractivity contribution in [2.75, 3.05) is 0 Å². The molecule has 2 aliphatic heterocycles. The van der Waals surface area contributed by atoms with Gasteiger partial charge in [-0.15, -0.1) is 0 Å². The quantitative estimate of drug-likeness (QED) is 0.770. The van der Waals surface area contributed by atoms with E-state index in [4.69, 9.17) is 0 Å². The van der Waals surface area contributed by atoms with E-state index in [-0.39, 0.29) is 31.3 Å². The number of alkyl halides is 3. The van der Waals surface area contributed by atoms with Gasteiger partial charge in [0.15, 0.2) is 0 Å². The van der Waals surface area contributed by atoms with Gasteiger partial charge in [-0.1, -0.05) is 13.0 Å². The van der Waals surface area contributed by atoms with Gasteiger partial charge in [-0.05, 0) is 48.4 Å². The fourth-order valence-electron chi connectivity index (χ4n) is 4.29. The second kappa shape index (κ2) is 6.22. The van der Waals surface area contributed by atoms with E-state index in [9.17, 15) is 27.6 Å². The number of rotatable bonds is 4. The topological polar surface area (TPSA) is 78.5 Å². The molecule has 1 saturated heterocycles. The van der Waals surface area contributed by atoms with Crippen LogP contribution in [0.25, 0.3) is 0 Å². The zero-order valence-electron chi connectivity index (χ0n) is 15.2. The Bertz CT molecular complexity index is 866. The van der Waals surface area contributed by atoms with Gasteiger partial charge in [-0.3, -0.25) is 14.9 Å². The van der Waals surface area contributed by atoms with Crippen LogP contribution >= 0.6 is 0 Å². The Labute approximate surface area is 159 Å². The second-order valence-electron chi connectivity index (χ2n) is 7.93. The van der Waals surface area contributed by atoms with E-state index in [0.717, 1.165) is 25.0 Å². The molecular formula is C19H20F3N3O3. The summed E-state index contributed by atoms with van der Waals surface area (Å²) < 4.78 is 38.7. The maximum Gasteiger partial charge on any atom is 0.416 e. The molecule has 0 bridgehead atoms. The number of carbonyl (C=O) groups is 3. The van der Waals surface area contributed by atoms with Crippen molar-refractivity contribution in [3.8, 4) is 0 Å². The van der Waals surface area contributed by atoms with Crippen LogP contribution in [-0.2, 0) is 28.9 Å². The van der Waals surface area contributed by atoms with Crippen LogP contribution in [0.2, 0.25) is 0 Å². The largest absolute Gasteiger partial charge is 0.416 e. The summed E-state index contributed by atoms with van der Waals surface area (Å²) >= 11 is 0. The smallest absolute Gasteiger partial charge is 0.334 e. The van der Waals surface area contributed by atoms with Crippen LogP contribution in [0.3, 0.4) is 0 Å². The molecular weight excluding hydrogens is 375 g/mol. The number of amides is 4. The van der Waals surface area contributed by atoms with Gasteiger partial charge < -0.3 is 10.2 Å². The molecule has 2 N–H and O–H groups in total. The third kappa shape index (κ3) is 3.12. The molecule has 2 atom stereocenters. The monoisotopic (exact) mass is 395 g/mol. The zero-order chi connectivity index (χ0) is 20.3. The second-order valence-corrected chi connectivity index (χ2v) is 7.93. The minimum atomic E-state index is -4.43. The molecule has 0 aromatic heterocycles. The number of fused-ring (bicyclic) bond motifs is 1. The first kappa shape index (κ1) is 18.8. The van der Waals surface area contributed by atoms with Crippen LogP contribution < -0.4 is 10.6 Å². The lowest BCUT2D eigenvalue weighted by molar-refractivity contribution is -0.138. The Morgan fingerprint density at radius 2 is 1.93 bits per heavy atom. The standard InChI is InChI=1S/C19H20F3N3O3/c1-10(7-18(13-4-5-13)16(27)23-17(28)24-18)15(26)25-8-11-2-3-14(19(20,21)22)6-12(11)9-25/h2-3,6,10,13H,4-5,7-9H2,1H3,(H2,23,24,27,28)/t10-,18-/m0/s1. The highest BCUT2D eigenvalue weighted by atomic mass is 19.4. The zero-order valence-corrected chi connectivity index (χ0v) is 15.2. The van der Waals surface area contributed by atoms with E-state index in [1.165, 1.54) is 11.0 Å². The minimum absolute atomic E-state index is 0.0133. The Kier molecular flexibility index (Phi) is 4.17. The maximum absolute atomic E-state index is 12.9. The SMILES string of the molecule is C[C@@H](C[C@@]1(C2CC2)NC(=O)NC1=O)C(=O)N1Cc2ccc(C(F)(F)F)cc2C1. The first-order chi connectivity index (χ1) is 13.1. The van der Waals surface area contributed by atoms with E-state index < -0.39 is 35.1 Å². The number of carbonyl (C=O) groups excluding carboxylic acids is 3. The highest BCUT2D eigenvalue weighted by molar-refractivity contribution is 6.07. The van der Waals surface area contributed by atoms with Crippen molar-refractivity contribution in [2.45, 2.75) is 51.0 Å². The predicted octanol–water partition coefficient (Wildman–Crippen LogP) is 2.56. The van der Waals surface area contributed by atoms with Crippen molar-refractivity contribution in [2.24, 2.45) is 11.8 Å². The van der Waals surface area contributed by atoms with Crippen LogP contribution in [0.15, 0.2) is 18.2 Å². The summed E-state index contributed by atoms with van der Waals surface area (Å²) in [7, 11) is 0. The molecule has 1 saturated carbocycles. The minimum Gasteiger partial charge on any atom is -0.334 e. The summed E-state index contributed by atoms with van der Waals surface area (Å²) in [4.78, 5) is 38.4. The van der Waals surface area contributed by atoms with Crippen molar-refractivity contribution in [3.63, 3.8) is 0 Å². The van der Waals surface area contributed by atoms with Crippen molar-refractivity contribution in [1.29, 1.82) is 0 Å². The first-order valence-corrected chi connectivity index (χ1v) is 9.21. The summed E-state index contributed by atoms with van der Waals surface area (Å²) in [5.41, 5.74) is -0.620. The van der Waals surface area contributed by atoms with Gasteiger partial charge in [-0.25, -0.2) is 4.79 Å². The maximum atomic E-state index is 12.9. The summed E-state index contributed by atoms with van der Waals surface area (Å²) in [6.45, 7) is 2.04. The molecule has 6 nitrogen and oxygen atoms in total. The molecule has 0 spiro atoms. The van der Waals surface area contributed by atoms with Crippen molar-refractivity contribution in [3.05, 3.63) is 34.9 Å². The summed E-state index contributed by atoms with van der Waals surface area (Å²) in [5.74, 6) is -1.18. The summed E-state index contributed by atoms with van der Waals surface area (Å²) in [6.07, 6.45) is -2.63. The highest BCUT2D eigenvalue weighted by Crippen LogP contribution is 2.45. The Morgan fingerprint density at radius 1 is 1.25 bits per heavy atom. The molecule has 4 amide bonds. The number of nitrogens with zero attached hydrogens (tertiary/aromatic N) is 1. The fraction of sp³-hybridized carbons (Fsp3) is 0.526. The molecule has 28 heavy (non-hydrogen) atoms. The molecule has 0 unspecified atom stereocenters. The Hall–Kier alpha value is -2.58. The predicted molar refractivity (Wildman–Crippen MR) is 91.6 cm³/mol. The van der Waals surface area contributed by atoms with Crippen LogP contribution in [0.5, 0.6) is 0 Å². The Balaban J connectivity index is 1.47. The molecule has 2 heterocycles. The van der Waals surface area contributed by atoms with Gasteiger partial charge in [0.2, 0.25) is 5.91 Å². The van der Waals surface area contributed by atoms with Crippen molar-refractivity contribution < 1.29 is 27.6 Å². The van der Waals surface area contributed by atoms with Gasteiger partial charge in [0.1, 0.15) is 5.54 Å². The number of nitrogens with one attached hydrogen (secondary N) is 2. The lowest BCUT2D eigenvalue weighted by Crippen LogP contribution is -2.51. The molecule has 1 aliphatic carbocycles. The molecule has 0 radical (unpaired) electrons. The lowest BCUT2D eigenvalue weighted by Gasteiger charge is -2.30. The van der Waals surface area contributed by atoms with E-state index in [1.807, 2.05) is 0 Å². The van der Waals surface area contributed by atoms with Crippen molar-refractivity contribution in [1.82, 2.24) is 15.5 Å². The van der Waals surface area contributed by atoms with Crippen LogP contribution in [0.1, 0.15) is 42.9 Å². The average molecular weight is 395 g/mol. The van der Waals surface area contributed by atoms with Gasteiger partial charge in [0.05, 0.1) is 5.56 Å². The summed E-state index contributed by atoms with van der Waals surface area (Å²) in [6, 6.07) is 2.97. The highest BCUT2D eigenvalue weighted by Gasteiger charge is 2.56. The molecule has 2 fully saturated rings. The van der Waals surface area contributed by atoms with Gasteiger partial charge in [0.25, 0.3) is 5.91 Å². The normalized spacial score (nSPS) is 25.4. The molecule has 150 valence electrons. The Morgan fingerprint density at radius 3 is 2.50 bits per heavy atom. The van der Waals surface area contributed by atoms with Gasteiger partial charge in [0, 0.05) is 19.0 Å². The van der Waals surface area contributed by atoms with E-state index in [0.29, 0.717) is 11.1 Å². The van der Waals surface area contributed by atoms with Gasteiger partial charge >= 0.3 is 12.2 Å². The first-order valence-electron chi connectivity index (χ1n) is 9.21. The van der Waals surface area contributed by atoms with Crippen LogP contribution in [-0.4, -0.2) is 28.3 Å². The van der Waals surface area contributed by atoms with E-state index >= 15 is 0 Å². The third-order valence-electron chi connectivity index (χ3n) is 5.86.